The molecular formula is C32H43N3O5. The van der Waals surface area contributed by atoms with E-state index in [9.17, 15) is 19.5 Å². The van der Waals surface area contributed by atoms with E-state index in [0.717, 1.165) is 37.8 Å². The summed E-state index contributed by atoms with van der Waals surface area (Å²) in [6.45, 7) is 10.1. The summed E-state index contributed by atoms with van der Waals surface area (Å²) in [6.07, 6.45) is 9.76. The van der Waals surface area contributed by atoms with Gasteiger partial charge in [0, 0.05) is 24.8 Å². The van der Waals surface area contributed by atoms with Crippen molar-refractivity contribution in [3.05, 3.63) is 55.6 Å². The molecule has 2 unspecified atom stereocenters. The lowest BCUT2D eigenvalue weighted by Gasteiger charge is -2.42. The second-order valence-electron chi connectivity index (χ2n) is 11.7. The van der Waals surface area contributed by atoms with Crippen molar-refractivity contribution >= 4 is 23.4 Å². The summed E-state index contributed by atoms with van der Waals surface area (Å²) < 4.78 is 6.68. The van der Waals surface area contributed by atoms with Gasteiger partial charge in [-0.05, 0) is 44.2 Å². The molecule has 8 heteroatoms. The summed E-state index contributed by atoms with van der Waals surface area (Å²) in [4.78, 5) is 48.4. The number of anilines is 1. The average molecular weight is 550 g/mol. The molecule has 5 rings (SSSR count). The molecular weight excluding hydrogens is 506 g/mol. The minimum absolute atomic E-state index is 0.0815. The Morgan fingerprint density at radius 1 is 1.10 bits per heavy atom. The molecule has 3 amide bonds. The maximum absolute atomic E-state index is 14.6. The number of carbonyl (C=O) groups excluding carboxylic acids is 3. The highest BCUT2D eigenvalue weighted by Crippen LogP contribution is 2.59. The highest BCUT2D eigenvalue weighted by molar-refractivity contribution is 6.03. The van der Waals surface area contributed by atoms with Crippen molar-refractivity contribution in [2.24, 2.45) is 11.8 Å². The summed E-state index contributed by atoms with van der Waals surface area (Å²) in [7, 11) is 0. The number of aliphatic hydroxyl groups excluding tert-OH is 1. The first-order valence-electron chi connectivity index (χ1n) is 14.9. The van der Waals surface area contributed by atoms with E-state index in [1.54, 1.807) is 22.0 Å². The smallest absolute Gasteiger partial charge is 0.248 e. The van der Waals surface area contributed by atoms with Crippen LogP contribution < -0.4 is 4.90 Å². The topological polar surface area (TPSA) is 90.4 Å². The fourth-order valence-electron chi connectivity index (χ4n) is 7.81. The Morgan fingerprint density at radius 2 is 1.80 bits per heavy atom. The molecule has 0 radical (unpaired) electrons. The van der Waals surface area contributed by atoms with Gasteiger partial charge in [-0.25, -0.2) is 0 Å². The molecule has 1 aromatic carbocycles. The number of nitrogens with zero attached hydrogens (tertiary/aromatic N) is 3. The first-order chi connectivity index (χ1) is 19.4. The van der Waals surface area contributed by atoms with Crippen LogP contribution in [0.2, 0.25) is 0 Å². The van der Waals surface area contributed by atoms with Crippen molar-refractivity contribution < 1.29 is 24.2 Å². The van der Waals surface area contributed by atoms with E-state index >= 15 is 0 Å². The number of ether oxygens (including phenoxy) is 1. The van der Waals surface area contributed by atoms with Gasteiger partial charge >= 0.3 is 0 Å². The number of carbonyl (C=O) groups is 3. The number of fused-ring (bicyclic) bond motifs is 1. The molecule has 3 aliphatic heterocycles. The second-order valence-corrected chi connectivity index (χ2v) is 11.7. The van der Waals surface area contributed by atoms with Crippen molar-refractivity contribution in [2.75, 3.05) is 24.6 Å². The van der Waals surface area contributed by atoms with Crippen molar-refractivity contribution in [1.82, 2.24) is 9.80 Å². The van der Waals surface area contributed by atoms with Crippen LogP contribution in [0.25, 0.3) is 0 Å². The van der Waals surface area contributed by atoms with Gasteiger partial charge in [0.15, 0.2) is 0 Å². The van der Waals surface area contributed by atoms with Crippen molar-refractivity contribution in [3.8, 4) is 0 Å². The first kappa shape index (κ1) is 28.6. The van der Waals surface area contributed by atoms with Gasteiger partial charge in [0.1, 0.15) is 11.6 Å². The Bertz CT molecular complexity index is 1110. The van der Waals surface area contributed by atoms with E-state index in [4.69, 9.17) is 4.74 Å². The van der Waals surface area contributed by atoms with Gasteiger partial charge in [-0.3, -0.25) is 14.4 Å². The molecule has 1 spiro atoms. The Balaban J connectivity index is 1.55. The highest BCUT2D eigenvalue weighted by atomic mass is 16.5. The SMILES string of the molecule is C=CCN(C(=O)[C@@H]1[C@H]2C(=O)N([C@@H](CC)CO)C(C(=O)N(CC=C)C3CCCCC3)C23CC[C@H]1O3)c1ccccc1. The predicted octanol–water partition coefficient (Wildman–Crippen LogP) is 3.70. The number of rotatable bonds is 11. The fraction of sp³-hybridized carbons (Fsp3) is 0.594. The highest BCUT2D eigenvalue weighted by Gasteiger charge is 2.75. The van der Waals surface area contributed by atoms with E-state index in [2.05, 4.69) is 13.2 Å². The summed E-state index contributed by atoms with van der Waals surface area (Å²) in [5, 5.41) is 10.3. The van der Waals surface area contributed by atoms with E-state index in [1.165, 1.54) is 0 Å². The fourth-order valence-corrected chi connectivity index (χ4v) is 7.81. The predicted molar refractivity (Wildman–Crippen MR) is 153 cm³/mol. The van der Waals surface area contributed by atoms with Crippen molar-refractivity contribution in [1.29, 1.82) is 0 Å². The minimum atomic E-state index is -1.09. The zero-order valence-corrected chi connectivity index (χ0v) is 23.6. The largest absolute Gasteiger partial charge is 0.394 e. The summed E-state index contributed by atoms with van der Waals surface area (Å²) >= 11 is 0. The number of para-hydroxylation sites is 1. The zero-order chi connectivity index (χ0) is 28.4. The molecule has 4 fully saturated rings. The molecule has 40 heavy (non-hydrogen) atoms. The van der Waals surface area contributed by atoms with Gasteiger partial charge in [-0.2, -0.15) is 0 Å². The molecule has 4 aliphatic rings. The number of hydrogen-bond acceptors (Lipinski definition) is 5. The Labute approximate surface area is 237 Å². The summed E-state index contributed by atoms with van der Waals surface area (Å²) in [5.41, 5.74) is -0.359. The standard InChI is InChI=1S/C32H43N3O5/c1-4-19-33(23-13-9-7-10-14-23)29(37)26-25-17-18-32(40-25)27(26)30(38)35(22(6-3)21-36)28(32)31(39)34(20-5-2)24-15-11-8-12-16-24/h4-5,7,9-10,13-14,22,24-28,36H,1-2,6,8,11-12,15-21H2,3H3/t22-,25+,26-,27-,28?,32?/m0/s1. The number of hydrogen-bond donors (Lipinski definition) is 1. The number of likely N-dealkylation sites (tertiary alicyclic amines) is 1. The molecule has 2 bridgehead atoms. The van der Waals surface area contributed by atoms with E-state index in [0.29, 0.717) is 32.4 Å². The van der Waals surface area contributed by atoms with Crippen LogP contribution in [0.4, 0.5) is 5.69 Å². The first-order valence-corrected chi connectivity index (χ1v) is 14.9. The molecule has 6 atom stereocenters. The van der Waals surface area contributed by atoms with Gasteiger partial charge in [-0.1, -0.05) is 56.5 Å². The average Bonchev–Trinajstić information content (AvgIpc) is 3.63. The van der Waals surface area contributed by atoms with Gasteiger partial charge < -0.3 is 24.5 Å². The second kappa shape index (κ2) is 11.9. The lowest BCUT2D eigenvalue weighted by atomic mass is 9.70. The lowest BCUT2D eigenvalue weighted by molar-refractivity contribution is -0.153. The molecule has 216 valence electrons. The van der Waals surface area contributed by atoms with Crippen LogP contribution in [-0.4, -0.2) is 82.2 Å². The van der Waals surface area contributed by atoms with Crippen LogP contribution in [0.15, 0.2) is 55.6 Å². The van der Waals surface area contributed by atoms with Crippen molar-refractivity contribution in [3.63, 3.8) is 0 Å². The van der Waals surface area contributed by atoms with Gasteiger partial charge in [0.05, 0.1) is 30.6 Å². The number of benzene rings is 1. The Hall–Kier alpha value is -2.97. The third kappa shape index (κ3) is 4.59. The normalized spacial score (nSPS) is 30.1. The monoisotopic (exact) mass is 549 g/mol. The summed E-state index contributed by atoms with van der Waals surface area (Å²) in [6, 6.07) is 8.06. The van der Waals surface area contributed by atoms with Crippen LogP contribution in [0, 0.1) is 11.8 Å². The zero-order valence-electron chi connectivity index (χ0n) is 23.6. The number of aliphatic hydroxyl groups is 1. The molecule has 1 saturated carbocycles. The van der Waals surface area contributed by atoms with E-state index < -0.39 is 35.6 Å². The Kier molecular flexibility index (Phi) is 8.47. The maximum Gasteiger partial charge on any atom is 0.248 e. The van der Waals surface area contributed by atoms with Crippen LogP contribution >= 0.6 is 0 Å². The van der Waals surface area contributed by atoms with Gasteiger partial charge in [-0.15, -0.1) is 13.2 Å². The quantitative estimate of drug-likeness (QED) is 0.425. The third-order valence-corrected chi connectivity index (χ3v) is 9.60. The molecule has 0 aromatic heterocycles. The van der Waals surface area contributed by atoms with Gasteiger partial charge in [0.2, 0.25) is 17.7 Å². The van der Waals surface area contributed by atoms with Crippen LogP contribution in [0.3, 0.4) is 0 Å². The summed E-state index contributed by atoms with van der Waals surface area (Å²) in [5.74, 6) is -2.07. The van der Waals surface area contributed by atoms with Crippen LogP contribution in [0.1, 0.15) is 58.3 Å². The number of amides is 3. The third-order valence-electron chi connectivity index (χ3n) is 9.60. The van der Waals surface area contributed by atoms with Crippen LogP contribution in [-0.2, 0) is 19.1 Å². The maximum atomic E-state index is 14.6. The van der Waals surface area contributed by atoms with E-state index in [1.807, 2.05) is 42.2 Å². The molecule has 1 aliphatic carbocycles. The lowest BCUT2D eigenvalue weighted by Crippen LogP contribution is -2.60. The van der Waals surface area contributed by atoms with Crippen LogP contribution in [0.5, 0.6) is 0 Å². The molecule has 8 nitrogen and oxygen atoms in total. The molecule has 3 saturated heterocycles. The van der Waals surface area contributed by atoms with Gasteiger partial charge in [0.25, 0.3) is 0 Å². The van der Waals surface area contributed by atoms with Crippen molar-refractivity contribution in [2.45, 2.75) is 88.1 Å². The molecule has 3 heterocycles. The molecule has 1 N–H and O–H groups in total. The van der Waals surface area contributed by atoms with E-state index in [-0.39, 0.29) is 30.4 Å². The minimum Gasteiger partial charge on any atom is -0.394 e. The molecule has 1 aromatic rings. The Morgan fingerprint density at radius 3 is 2.42 bits per heavy atom.